The van der Waals surface area contributed by atoms with Crippen molar-refractivity contribution in [3.05, 3.63) is 60.8 Å². The summed E-state index contributed by atoms with van der Waals surface area (Å²) in [6.07, 6.45) is 51.5. The number of carbonyl (C=O) groups is 2. The van der Waals surface area contributed by atoms with E-state index < -0.39 is 18.2 Å². The van der Waals surface area contributed by atoms with Crippen LogP contribution in [-0.4, -0.2) is 46.9 Å². The first-order valence-electron chi connectivity index (χ1n) is 23.0. The average molecular weight is 770 g/mol. The number of esters is 1. The van der Waals surface area contributed by atoms with Crippen LogP contribution >= 0.6 is 0 Å². The predicted octanol–water partition coefficient (Wildman–Crippen LogP) is 13.3. The van der Waals surface area contributed by atoms with Gasteiger partial charge in [0, 0.05) is 6.42 Å². The Balaban J connectivity index is 4.73. The van der Waals surface area contributed by atoms with Crippen LogP contribution in [-0.2, 0) is 14.3 Å². The Kier molecular flexibility index (Phi) is 40.8. The molecule has 1 amide bonds. The number of rotatable bonds is 40. The number of hydrogen-bond donors (Lipinski definition) is 3. The van der Waals surface area contributed by atoms with Gasteiger partial charge in [0.25, 0.3) is 0 Å². The maximum atomic E-state index is 13.1. The summed E-state index contributed by atoms with van der Waals surface area (Å²) in [7, 11) is 0. The third-order valence-corrected chi connectivity index (χ3v) is 10.1. The van der Waals surface area contributed by atoms with Crippen LogP contribution in [0.1, 0.15) is 213 Å². The molecule has 0 spiro atoms. The molecule has 0 aromatic rings. The van der Waals surface area contributed by atoms with Crippen molar-refractivity contribution in [1.82, 2.24) is 5.32 Å². The Bertz CT molecular complexity index is 999. The Morgan fingerprint density at radius 1 is 0.545 bits per heavy atom. The zero-order valence-corrected chi connectivity index (χ0v) is 36.0. The Hall–Kier alpha value is -2.44. The molecule has 0 saturated carbocycles. The summed E-state index contributed by atoms with van der Waals surface area (Å²) in [5.74, 6) is -0.597. The second-order valence-corrected chi connectivity index (χ2v) is 15.4. The average Bonchev–Trinajstić information content (AvgIpc) is 3.18. The largest absolute Gasteiger partial charge is 0.462 e. The van der Waals surface area contributed by atoms with Crippen LogP contribution in [0.15, 0.2) is 60.8 Å². The van der Waals surface area contributed by atoms with Gasteiger partial charge in [-0.05, 0) is 77.0 Å². The summed E-state index contributed by atoms with van der Waals surface area (Å²) in [5, 5.41) is 23.6. The summed E-state index contributed by atoms with van der Waals surface area (Å²) in [6, 6.07) is -0.723. The minimum Gasteiger partial charge on any atom is -0.462 e. The van der Waals surface area contributed by atoms with Crippen LogP contribution in [0.25, 0.3) is 0 Å². The molecular weight excluding hydrogens is 683 g/mol. The van der Waals surface area contributed by atoms with Crippen molar-refractivity contribution in [2.45, 2.75) is 232 Å². The van der Waals surface area contributed by atoms with E-state index in [2.05, 4.69) is 80.8 Å². The summed E-state index contributed by atoms with van der Waals surface area (Å²) in [4.78, 5) is 25.9. The SMILES string of the molecule is CC/C=C/C/C=C/C/C=C/CCCCC(CC(=O)NC(CO)C(O)CCCCCCCCCCCCC)OC(=O)CC/C=C/C/C=C\CCCCCCCC. The number of nitrogens with one attached hydrogen (secondary N) is 1. The van der Waals surface area contributed by atoms with E-state index in [0.717, 1.165) is 70.6 Å². The summed E-state index contributed by atoms with van der Waals surface area (Å²) < 4.78 is 5.84. The van der Waals surface area contributed by atoms with E-state index in [1.165, 1.54) is 89.9 Å². The smallest absolute Gasteiger partial charge is 0.306 e. The summed E-state index contributed by atoms with van der Waals surface area (Å²) >= 11 is 0. The van der Waals surface area contributed by atoms with Crippen LogP contribution in [0.2, 0.25) is 0 Å². The lowest BCUT2D eigenvalue weighted by atomic mass is 10.0. The minimum absolute atomic E-state index is 0.0275. The number of hydrogen-bond acceptors (Lipinski definition) is 5. The topological polar surface area (TPSA) is 95.9 Å². The van der Waals surface area contributed by atoms with Gasteiger partial charge in [0.1, 0.15) is 6.10 Å². The van der Waals surface area contributed by atoms with E-state index in [4.69, 9.17) is 4.74 Å². The number of allylic oxidation sites excluding steroid dienone is 10. The molecule has 0 aliphatic carbocycles. The lowest BCUT2D eigenvalue weighted by molar-refractivity contribution is -0.150. The standard InChI is InChI=1S/C49H87NO5/c1-4-7-10-13-16-19-22-24-27-30-33-36-39-42-49(54)55-45(40-37-34-31-28-26-23-20-17-14-11-8-5-2)43-48(53)50-46(44-51)47(52)41-38-35-32-29-25-21-18-15-12-9-6-3/h8,11,17,20,24,26-28,33,36,45-47,51-52H,4-7,9-10,12-16,18-19,21-23,25,29-32,34-35,37-44H2,1-3H3,(H,50,53)/b11-8+,20-17+,27-24-,28-26+,36-33+. The van der Waals surface area contributed by atoms with Crippen molar-refractivity contribution < 1.29 is 24.5 Å². The molecule has 0 aromatic heterocycles. The van der Waals surface area contributed by atoms with Crippen molar-refractivity contribution in [1.29, 1.82) is 0 Å². The van der Waals surface area contributed by atoms with Crippen molar-refractivity contribution in [2.24, 2.45) is 0 Å². The van der Waals surface area contributed by atoms with Gasteiger partial charge in [-0.25, -0.2) is 0 Å². The lowest BCUT2D eigenvalue weighted by Gasteiger charge is -2.24. The molecule has 0 radical (unpaired) electrons. The van der Waals surface area contributed by atoms with Crippen LogP contribution < -0.4 is 5.32 Å². The van der Waals surface area contributed by atoms with Crippen LogP contribution in [0, 0.1) is 0 Å². The molecule has 55 heavy (non-hydrogen) atoms. The molecule has 6 nitrogen and oxygen atoms in total. The number of aliphatic hydroxyl groups is 2. The molecule has 318 valence electrons. The monoisotopic (exact) mass is 770 g/mol. The molecule has 0 saturated heterocycles. The van der Waals surface area contributed by atoms with E-state index >= 15 is 0 Å². The molecule has 0 rings (SSSR count). The van der Waals surface area contributed by atoms with Gasteiger partial charge in [-0.3, -0.25) is 9.59 Å². The maximum absolute atomic E-state index is 13.1. The van der Waals surface area contributed by atoms with Crippen molar-refractivity contribution in [3.63, 3.8) is 0 Å². The molecule has 0 heterocycles. The van der Waals surface area contributed by atoms with Gasteiger partial charge < -0.3 is 20.3 Å². The van der Waals surface area contributed by atoms with E-state index in [9.17, 15) is 19.8 Å². The normalized spacial score (nSPS) is 13.9. The van der Waals surface area contributed by atoms with Gasteiger partial charge in [-0.1, -0.05) is 184 Å². The second-order valence-electron chi connectivity index (χ2n) is 15.4. The highest BCUT2D eigenvalue weighted by molar-refractivity contribution is 5.77. The number of unbranched alkanes of at least 4 members (excludes halogenated alkanes) is 18. The van der Waals surface area contributed by atoms with Gasteiger partial charge >= 0.3 is 5.97 Å². The number of amides is 1. The molecule has 0 aromatic carbocycles. The summed E-state index contributed by atoms with van der Waals surface area (Å²) in [5.41, 5.74) is 0. The van der Waals surface area contributed by atoms with Crippen LogP contribution in [0.5, 0.6) is 0 Å². The highest BCUT2D eigenvalue weighted by atomic mass is 16.5. The molecule has 6 heteroatoms. The van der Waals surface area contributed by atoms with E-state index in [0.29, 0.717) is 19.3 Å². The maximum Gasteiger partial charge on any atom is 0.306 e. The fourth-order valence-electron chi connectivity index (χ4n) is 6.61. The third-order valence-electron chi connectivity index (χ3n) is 10.1. The first-order chi connectivity index (χ1) is 27.0. The van der Waals surface area contributed by atoms with E-state index in [1.807, 2.05) is 6.08 Å². The van der Waals surface area contributed by atoms with Gasteiger partial charge in [0.05, 0.1) is 25.2 Å². The van der Waals surface area contributed by atoms with E-state index in [-0.39, 0.29) is 31.3 Å². The third kappa shape index (κ3) is 38.2. The zero-order valence-electron chi connectivity index (χ0n) is 36.0. The Morgan fingerprint density at radius 3 is 1.51 bits per heavy atom. The summed E-state index contributed by atoms with van der Waals surface area (Å²) in [6.45, 7) is 6.31. The molecular formula is C49H87NO5. The van der Waals surface area contributed by atoms with Crippen LogP contribution in [0.3, 0.4) is 0 Å². The van der Waals surface area contributed by atoms with Crippen molar-refractivity contribution in [3.8, 4) is 0 Å². The fourth-order valence-corrected chi connectivity index (χ4v) is 6.61. The first-order valence-corrected chi connectivity index (χ1v) is 23.0. The Labute approximate surface area is 339 Å². The number of aliphatic hydroxyl groups excluding tert-OH is 2. The molecule has 0 fully saturated rings. The molecule has 3 atom stereocenters. The minimum atomic E-state index is -0.805. The van der Waals surface area contributed by atoms with Crippen LogP contribution in [0.4, 0.5) is 0 Å². The number of ether oxygens (including phenoxy) is 1. The molecule has 0 aliphatic heterocycles. The van der Waals surface area contributed by atoms with Gasteiger partial charge in [-0.2, -0.15) is 0 Å². The zero-order chi connectivity index (χ0) is 40.3. The quantitative estimate of drug-likeness (QED) is 0.0328. The fraction of sp³-hybridized carbons (Fsp3) is 0.755. The highest BCUT2D eigenvalue weighted by Gasteiger charge is 2.23. The number of carbonyl (C=O) groups excluding carboxylic acids is 2. The molecule has 3 N–H and O–H groups in total. The molecule has 0 bridgehead atoms. The first kappa shape index (κ1) is 52.6. The van der Waals surface area contributed by atoms with Gasteiger partial charge in [0.15, 0.2) is 0 Å². The van der Waals surface area contributed by atoms with Crippen molar-refractivity contribution >= 4 is 11.9 Å². The lowest BCUT2D eigenvalue weighted by Crippen LogP contribution is -2.46. The highest BCUT2D eigenvalue weighted by Crippen LogP contribution is 2.16. The van der Waals surface area contributed by atoms with Gasteiger partial charge in [-0.15, -0.1) is 0 Å². The second kappa shape index (κ2) is 42.7. The Morgan fingerprint density at radius 2 is 0.982 bits per heavy atom. The molecule has 3 unspecified atom stereocenters. The van der Waals surface area contributed by atoms with Gasteiger partial charge in [0.2, 0.25) is 5.91 Å². The van der Waals surface area contributed by atoms with Crippen molar-refractivity contribution in [2.75, 3.05) is 6.61 Å². The molecule has 0 aliphatic rings. The van der Waals surface area contributed by atoms with E-state index in [1.54, 1.807) is 0 Å². The predicted molar refractivity (Wildman–Crippen MR) is 236 cm³/mol.